The van der Waals surface area contributed by atoms with Crippen LogP contribution in [0.4, 0.5) is 4.39 Å². The van der Waals surface area contributed by atoms with E-state index in [1.54, 1.807) is 18.8 Å². The van der Waals surface area contributed by atoms with Crippen molar-refractivity contribution in [3.63, 3.8) is 0 Å². The standard InChI is InChI=1S/C9H11FN2O3/c1-5(2)7(13)4-12-3-6(10)8(14)11-9(12)15/h3,5H,4H2,1-2H3,(H,11,14,15). The van der Waals surface area contributed by atoms with Gasteiger partial charge in [-0.25, -0.2) is 4.79 Å². The highest BCUT2D eigenvalue weighted by molar-refractivity contribution is 5.80. The number of Topliss-reactive ketones (excluding diaryl/α,β-unsaturated/α-hetero) is 1. The van der Waals surface area contributed by atoms with Gasteiger partial charge in [-0.2, -0.15) is 4.39 Å². The fourth-order valence-corrected chi connectivity index (χ4v) is 0.951. The van der Waals surface area contributed by atoms with Crippen molar-refractivity contribution < 1.29 is 9.18 Å². The van der Waals surface area contributed by atoms with Gasteiger partial charge in [-0.3, -0.25) is 19.1 Å². The molecule has 0 fully saturated rings. The Kier molecular flexibility index (Phi) is 3.18. The number of hydrogen-bond acceptors (Lipinski definition) is 3. The summed E-state index contributed by atoms with van der Waals surface area (Å²) < 4.78 is 13.6. The number of aromatic amines is 1. The second-order valence-electron chi connectivity index (χ2n) is 3.49. The third-order valence-corrected chi connectivity index (χ3v) is 1.94. The molecule has 0 aliphatic carbocycles. The Morgan fingerprint density at radius 2 is 2.13 bits per heavy atom. The van der Waals surface area contributed by atoms with Crippen molar-refractivity contribution >= 4 is 5.78 Å². The second-order valence-corrected chi connectivity index (χ2v) is 3.49. The molecular formula is C9H11FN2O3. The zero-order chi connectivity index (χ0) is 11.6. The van der Waals surface area contributed by atoms with Gasteiger partial charge in [-0.15, -0.1) is 0 Å². The highest BCUT2D eigenvalue weighted by Gasteiger charge is 2.10. The maximum Gasteiger partial charge on any atom is 0.328 e. The summed E-state index contributed by atoms with van der Waals surface area (Å²) in [7, 11) is 0. The van der Waals surface area contributed by atoms with Crippen molar-refractivity contribution in [1.82, 2.24) is 9.55 Å². The predicted octanol–water partition coefficient (Wildman–Crippen LogP) is -0.0992. The number of aromatic nitrogens is 2. The molecule has 1 heterocycles. The maximum absolute atomic E-state index is 12.8. The molecule has 1 N–H and O–H groups in total. The Balaban J connectivity index is 3.07. The van der Waals surface area contributed by atoms with Crippen LogP contribution in [-0.2, 0) is 11.3 Å². The van der Waals surface area contributed by atoms with Crippen molar-refractivity contribution in [2.75, 3.05) is 0 Å². The van der Waals surface area contributed by atoms with Gasteiger partial charge >= 0.3 is 5.69 Å². The Morgan fingerprint density at radius 3 is 2.67 bits per heavy atom. The molecule has 5 nitrogen and oxygen atoms in total. The number of H-pyrrole nitrogens is 1. The highest BCUT2D eigenvalue weighted by Crippen LogP contribution is 1.96. The molecule has 6 heteroatoms. The topological polar surface area (TPSA) is 71.9 Å². The summed E-state index contributed by atoms with van der Waals surface area (Å²) in [6, 6.07) is 0. The largest absolute Gasteiger partial charge is 0.328 e. The normalized spacial score (nSPS) is 10.7. The number of rotatable bonds is 3. The van der Waals surface area contributed by atoms with Crippen LogP contribution in [0.5, 0.6) is 0 Å². The monoisotopic (exact) mass is 214 g/mol. The lowest BCUT2D eigenvalue weighted by Crippen LogP contribution is -2.34. The molecule has 82 valence electrons. The van der Waals surface area contributed by atoms with Gasteiger partial charge in [-0.1, -0.05) is 13.8 Å². The zero-order valence-electron chi connectivity index (χ0n) is 8.41. The SMILES string of the molecule is CC(C)C(=O)Cn1cc(F)c(=O)[nH]c1=O. The molecule has 0 atom stereocenters. The highest BCUT2D eigenvalue weighted by atomic mass is 19.1. The first kappa shape index (κ1) is 11.4. The van der Waals surface area contributed by atoms with Gasteiger partial charge in [0, 0.05) is 5.92 Å². The summed E-state index contributed by atoms with van der Waals surface area (Å²) in [6.07, 6.45) is 0.738. The Bertz CT molecular complexity index is 487. The number of carbonyl (C=O) groups excluding carboxylic acids is 1. The average molecular weight is 214 g/mol. The second kappa shape index (κ2) is 4.20. The van der Waals surface area contributed by atoms with E-state index in [-0.39, 0.29) is 18.2 Å². The van der Waals surface area contributed by atoms with E-state index in [0.717, 1.165) is 10.8 Å². The quantitative estimate of drug-likeness (QED) is 0.763. The minimum Gasteiger partial charge on any atom is -0.297 e. The van der Waals surface area contributed by atoms with Crippen LogP contribution in [-0.4, -0.2) is 15.3 Å². The minimum absolute atomic E-state index is 0.205. The molecule has 1 aromatic rings. The van der Waals surface area contributed by atoms with E-state index in [0.29, 0.717) is 0 Å². The number of ketones is 1. The van der Waals surface area contributed by atoms with Crippen LogP contribution in [0.2, 0.25) is 0 Å². The first-order valence-electron chi connectivity index (χ1n) is 4.43. The molecule has 0 aliphatic rings. The van der Waals surface area contributed by atoms with E-state index in [1.165, 1.54) is 0 Å². The molecule has 0 bridgehead atoms. The smallest absolute Gasteiger partial charge is 0.297 e. The molecule has 0 saturated carbocycles. The number of nitrogens with one attached hydrogen (secondary N) is 1. The van der Waals surface area contributed by atoms with Crippen LogP contribution in [0, 0.1) is 11.7 Å². The van der Waals surface area contributed by atoms with Crippen molar-refractivity contribution in [3.05, 3.63) is 32.9 Å². The number of carbonyl (C=O) groups is 1. The summed E-state index contributed by atoms with van der Waals surface area (Å²) >= 11 is 0. The number of halogens is 1. The third kappa shape index (κ3) is 2.61. The fraction of sp³-hybridized carbons (Fsp3) is 0.444. The van der Waals surface area contributed by atoms with Crippen LogP contribution in [0.15, 0.2) is 15.8 Å². The van der Waals surface area contributed by atoms with Crippen LogP contribution in [0.3, 0.4) is 0 Å². The number of nitrogens with zero attached hydrogens (tertiary/aromatic N) is 1. The molecule has 1 rings (SSSR count). The zero-order valence-corrected chi connectivity index (χ0v) is 8.41. The predicted molar refractivity (Wildman–Crippen MR) is 51.1 cm³/mol. The van der Waals surface area contributed by atoms with E-state index >= 15 is 0 Å². The molecule has 0 aromatic carbocycles. The lowest BCUT2D eigenvalue weighted by Gasteiger charge is -2.06. The minimum atomic E-state index is -1.08. The van der Waals surface area contributed by atoms with E-state index < -0.39 is 17.1 Å². The summed E-state index contributed by atoms with van der Waals surface area (Å²) in [5.41, 5.74) is -1.86. The van der Waals surface area contributed by atoms with Crippen molar-refractivity contribution in [2.45, 2.75) is 20.4 Å². The van der Waals surface area contributed by atoms with E-state index in [4.69, 9.17) is 0 Å². The van der Waals surface area contributed by atoms with Crippen LogP contribution in [0.25, 0.3) is 0 Å². The van der Waals surface area contributed by atoms with Gasteiger partial charge in [0.25, 0.3) is 5.56 Å². The molecule has 0 spiro atoms. The van der Waals surface area contributed by atoms with Crippen LogP contribution >= 0.6 is 0 Å². The number of hydrogen-bond donors (Lipinski definition) is 1. The average Bonchev–Trinajstić information content (AvgIpc) is 2.13. The maximum atomic E-state index is 12.8. The first-order chi connectivity index (χ1) is 6.91. The first-order valence-corrected chi connectivity index (χ1v) is 4.43. The van der Waals surface area contributed by atoms with Gasteiger partial charge in [-0.05, 0) is 0 Å². The van der Waals surface area contributed by atoms with Crippen molar-refractivity contribution in [1.29, 1.82) is 0 Å². The molecular weight excluding hydrogens is 203 g/mol. The van der Waals surface area contributed by atoms with E-state index in [2.05, 4.69) is 0 Å². The van der Waals surface area contributed by atoms with Gasteiger partial charge in [0.05, 0.1) is 12.7 Å². The molecule has 0 aliphatic heterocycles. The summed E-state index contributed by atoms with van der Waals surface area (Å²) in [6.45, 7) is 3.12. The lowest BCUT2D eigenvalue weighted by atomic mass is 10.1. The van der Waals surface area contributed by atoms with E-state index in [1.807, 2.05) is 0 Å². The van der Waals surface area contributed by atoms with Gasteiger partial charge in [0.15, 0.2) is 5.78 Å². The third-order valence-electron chi connectivity index (χ3n) is 1.94. The Labute approximate surface area is 84.6 Å². The lowest BCUT2D eigenvalue weighted by molar-refractivity contribution is -0.122. The summed E-state index contributed by atoms with van der Waals surface area (Å²) in [4.78, 5) is 34.9. The van der Waals surface area contributed by atoms with Crippen LogP contribution in [0.1, 0.15) is 13.8 Å². The molecule has 15 heavy (non-hydrogen) atoms. The van der Waals surface area contributed by atoms with Gasteiger partial charge in [0.1, 0.15) is 0 Å². The molecule has 0 amide bonds. The van der Waals surface area contributed by atoms with Gasteiger partial charge < -0.3 is 0 Å². The molecule has 0 unspecified atom stereocenters. The Morgan fingerprint density at radius 1 is 1.53 bits per heavy atom. The van der Waals surface area contributed by atoms with Crippen LogP contribution < -0.4 is 11.2 Å². The van der Waals surface area contributed by atoms with E-state index in [9.17, 15) is 18.8 Å². The van der Waals surface area contributed by atoms with Crippen molar-refractivity contribution in [2.24, 2.45) is 5.92 Å². The molecule has 1 aromatic heterocycles. The summed E-state index contributed by atoms with van der Waals surface area (Å²) in [5, 5.41) is 0. The summed E-state index contributed by atoms with van der Waals surface area (Å²) in [5.74, 6) is -1.53. The van der Waals surface area contributed by atoms with Crippen molar-refractivity contribution in [3.8, 4) is 0 Å². The Hall–Kier alpha value is -1.72. The molecule has 0 radical (unpaired) electrons. The van der Waals surface area contributed by atoms with Gasteiger partial charge in [0.2, 0.25) is 5.82 Å². The fourth-order valence-electron chi connectivity index (χ4n) is 0.951. The molecule has 0 saturated heterocycles.